The number of carbonyl (C=O) groups excluding carboxylic acids is 1. The predicted octanol–water partition coefficient (Wildman–Crippen LogP) is 2.43. The number of aromatic carboxylic acids is 1. The third-order valence-electron chi connectivity index (χ3n) is 3.28. The van der Waals surface area contributed by atoms with E-state index in [2.05, 4.69) is 10.3 Å². The molecule has 2 aromatic rings. The van der Waals surface area contributed by atoms with Crippen molar-refractivity contribution in [3.05, 3.63) is 47.2 Å². The lowest BCUT2D eigenvalue weighted by atomic mass is 10.1. The van der Waals surface area contributed by atoms with Crippen LogP contribution in [0.3, 0.4) is 0 Å². The number of carbonyl (C=O) groups is 2. The molecule has 0 radical (unpaired) electrons. The van der Waals surface area contributed by atoms with Crippen LogP contribution in [0.1, 0.15) is 51.9 Å². The average molecular weight is 318 g/mol. The number of hydrogen-bond acceptors (Lipinski definition) is 5. The van der Waals surface area contributed by atoms with E-state index >= 15 is 0 Å². The topological polar surface area (TPSA) is 102 Å². The number of methoxy groups -OCH3 is 1. The van der Waals surface area contributed by atoms with Gasteiger partial charge < -0.3 is 19.6 Å². The molecule has 1 aromatic heterocycles. The Hall–Kier alpha value is -2.83. The van der Waals surface area contributed by atoms with Crippen LogP contribution in [0.5, 0.6) is 5.75 Å². The Morgan fingerprint density at radius 1 is 1.39 bits per heavy atom. The minimum absolute atomic E-state index is 0.0493. The molecule has 0 spiro atoms. The van der Waals surface area contributed by atoms with Crippen LogP contribution in [0, 0.1) is 0 Å². The molecular formula is C16H18N2O5. The summed E-state index contributed by atoms with van der Waals surface area (Å²) in [6.45, 7) is 4.04. The molecule has 23 heavy (non-hydrogen) atoms. The number of nitrogens with zero attached hydrogens (tertiary/aromatic N) is 1. The number of rotatable bonds is 6. The largest absolute Gasteiger partial charge is 0.496 e. The van der Waals surface area contributed by atoms with Crippen molar-refractivity contribution in [2.24, 2.45) is 0 Å². The quantitative estimate of drug-likeness (QED) is 0.848. The molecule has 0 saturated carbocycles. The van der Waals surface area contributed by atoms with E-state index in [4.69, 9.17) is 14.3 Å². The fourth-order valence-corrected chi connectivity index (χ4v) is 2.12. The molecule has 0 bridgehead atoms. The number of benzene rings is 1. The lowest BCUT2D eigenvalue weighted by Gasteiger charge is -2.09. The minimum Gasteiger partial charge on any atom is -0.496 e. The first kappa shape index (κ1) is 16.5. The van der Waals surface area contributed by atoms with Crippen LogP contribution in [0.2, 0.25) is 0 Å². The van der Waals surface area contributed by atoms with Crippen molar-refractivity contribution < 1.29 is 23.8 Å². The van der Waals surface area contributed by atoms with Gasteiger partial charge in [0.05, 0.1) is 7.11 Å². The van der Waals surface area contributed by atoms with Crippen molar-refractivity contribution in [3.8, 4) is 5.75 Å². The summed E-state index contributed by atoms with van der Waals surface area (Å²) < 4.78 is 10.3. The van der Waals surface area contributed by atoms with Gasteiger partial charge >= 0.3 is 5.97 Å². The minimum atomic E-state index is -1.07. The van der Waals surface area contributed by atoms with Crippen molar-refractivity contribution in [1.29, 1.82) is 0 Å². The third kappa shape index (κ3) is 3.68. The third-order valence-corrected chi connectivity index (χ3v) is 3.28. The fourth-order valence-electron chi connectivity index (χ4n) is 2.12. The number of oxazole rings is 1. The van der Waals surface area contributed by atoms with E-state index in [0.717, 1.165) is 5.56 Å². The second-order valence-electron chi connectivity index (χ2n) is 5.24. The predicted molar refractivity (Wildman–Crippen MR) is 81.7 cm³/mol. The molecule has 0 aliphatic heterocycles. The van der Waals surface area contributed by atoms with E-state index in [-0.39, 0.29) is 35.4 Å². The summed E-state index contributed by atoms with van der Waals surface area (Å²) in [5.74, 6) is -0.589. The SMILES string of the molecule is COc1cc(CNC(=O)c2ncoc2C(C)C)ccc1C(=O)O. The Bertz CT molecular complexity index is 721. The number of carboxylic acids is 1. The maximum Gasteiger partial charge on any atom is 0.339 e. The van der Waals surface area contributed by atoms with Gasteiger partial charge in [0.2, 0.25) is 0 Å². The van der Waals surface area contributed by atoms with E-state index in [1.165, 1.54) is 19.6 Å². The summed E-state index contributed by atoms with van der Waals surface area (Å²) in [4.78, 5) is 27.2. The van der Waals surface area contributed by atoms with Gasteiger partial charge in [-0.25, -0.2) is 9.78 Å². The van der Waals surface area contributed by atoms with Crippen molar-refractivity contribution in [2.45, 2.75) is 26.3 Å². The standard InChI is InChI=1S/C16H18N2O5/c1-9(2)14-13(18-8-23-14)15(19)17-7-10-4-5-11(16(20)21)12(6-10)22-3/h4-6,8-9H,7H2,1-3H3,(H,17,19)(H,20,21). The molecule has 1 heterocycles. The molecule has 0 atom stereocenters. The number of carboxylic acid groups (broad SMARTS) is 1. The van der Waals surface area contributed by atoms with Crippen molar-refractivity contribution in [1.82, 2.24) is 10.3 Å². The van der Waals surface area contributed by atoms with Gasteiger partial charge in [0.15, 0.2) is 12.1 Å². The first-order valence-electron chi connectivity index (χ1n) is 7.05. The number of ether oxygens (including phenoxy) is 1. The zero-order valence-electron chi connectivity index (χ0n) is 13.1. The summed E-state index contributed by atoms with van der Waals surface area (Å²) in [7, 11) is 1.40. The molecule has 0 aliphatic rings. The molecule has 2 rings (SSSR count). The molecule has 7 nitrogen and oxygen atoms in total. The van der Waals surface area contributed by atoms with E-state index in [0.29, 0.717) is 5.76 Å². The van der Waals surface area contributed by atoms with Crippen LogP contribution in [0.4, 0.5) is 0 Å². The molecule has 122 valence electrons. The van der Waals surface area contributed by atoms with Crippen LogP contribution >= 0.6 is 0 Å². The fraction of sp³-hybridized carbons (Fsp3) is 0.312. The van der Waals surface area contributed by atoms with Gasteiger partial charge in [0, 0.05) is 12.5 Å². The highest BCUT2D eigenvalue weighted by molar-refractivity contribution is 5.93. The van der Waals surface area contributed by atoms with Crippen LogP contribution in [0.25, 0.3) is 0 Å². The van der Waals surface area contributed by atoms with Crippen LogP contribution in [-0.2, 0) is 6.54 Å². The lowest BCUT2D eigenvalue weighted by molar-refractivity contribution is 0.0693. The molecule has 0 fully saturated rings. The number of amides is 1. The normalized spacial score (nSPS) is 10.6. The summed E-state index contributed by atoms with van der Waals surface area (Å²) in [6.07, 6.45) is 1.24. The van der Waals surface area contributed by atoms with Crippen molar-refractivity contribution in [2.75, 3.05) is 7.11 Å². The lowest BCUT2D eigenvalue weighted by Crippen LogP contribution is -2.24. The summed E-state index contributed by atoms with van der Waals surface area (Å²) >= 11 is 0. The molecule has 1 amide bonds. The zero-order chi connectivity index (χ0) is 17.0. The highest BCUT2D eigenvalue weighted by Crippen LogP contribution is 2.21. The van der Waals surface area contributed by atoms with Crippen molar-refractivity contribution >= 4 is 11.9 Å². The molecule has 1 aromatic carbocycles. The zero-order valence-corrected chi connectivity index (χ0v) is 13.1. The Kier molecular flexibility index (Phi) is 5.00. The maximum atomic E-state index is 12.2. The van der Waals surface area contributed by atoms with Crippen molar-refractivity contribution in [3.63, 3.8) is 0 Å². The van der Waals surface area contributed by atoms with Gasteiger partial charge in [-0.15, -0.1) is 0 Å². The first-order chi connectivity index (χ1) is 10.9. The highest BCUT2D eigenvalue weighted by Gasteiger charge is 2.19. The van der Waals surface area contributed by atoms with Crippen LogP contribution < -0.4 is 10.1 Å². The molecule has 2 N–H and O–H groups in total. The van der Waals surface area contributed by atoms with Crippen LogP contribution in [0.15, 0.2) is 29.0 Å². The summed E-state index contributed by atoms with van der Waals surface area (Å²) in [5, 5.41) is 11.8. The summed E-state index contributed by atoms with van der Waals surface area (Å²) in [5.41, 5.74) is 1.05. The van der Waals surface area contributed by atoms with Gasteiger partial charge in [-0.3, -0.25) is 4.79 Å². The molecular weight excluding hydrogens is 300 g/mol. The van der Waals surface area contributed by atoms with E-state index in [1.807, 2.05) is 13.8 Å². The molecule has 0 unspecified atom stereocenters. The maximum absolute atomic E-state index is 12.2. The molecule has 0 saturated heterocycles. The molecule has 0 aliphatic carbocycles. The number of nitrogens with one attached hydrogen (secondary N) is 1. The van der Waals surface area contributed by atoms with Gasteiger partial charge in [0.1, 0.15) is 17.1 Å². The number of aromatic nitrogens is 1. The Labute approximate surface area is 133 Å². The van der Waals surface area contributed by atoms with E-state index < -0.39 is 5.97 Å². The molecule has 7 heteroatoms. The average Bonchev–Trinajstić information content (AvgIpc) is 3.02. The van der Waals surface area contributed by atoms with E-state index in [1.54, 1.807) is 12.1 Å². The van der Waals surface area contributed by atoms with Gasteiger partial charge in [0.25, 0.3) is 5.91 Å². The van der Waals surface area contributed by atoms with Gasteiger partial charge in [-0.1, -0.05) is 19.9 Å². The van der Waals surface area contributed by atoms with Gasteiger partial charge in [-0.2, -0.15) is 0 Å². The highest BCUT2D eigenvalue weighted by atomic mass is 16.5. The van der Waals surface area contributed by atoms with E-state index in [9.17, 15) is 9.59 Å². The Balaban J connectivity index is 2.10. The van der Waals surface area contributed by atoms with Gasteiger partial charge in [-0.05, 0) is 17.7 Å². The van der Waals surface area contributed by atoms with Crippen LogP contribution in [-0.4, -0.2) is 29.1 Å². The second-order valence-corrected chi connectivity index (χ2v) is 5.24. The summed E-state index contributed by atoms with van der Waals surface area (Å²) in [6, 6.07) is 4.65. The Morgan fingerprint density at radius 2 is 2.13 bits per heavy atom. The first-order valence-corrected chi connectivity index (χ1v) is 7.05. The number of hydrogen-bond donors (Lipinski definition) is 2. The smallest absolute Gasteiger partial charge is 0.339 e. The monoisotopic (exact) mass is 318 g/mol. The second kappa shape index (κ2) is 6.95. The Morgan fingerprint density at radius 3 is 2.74 bits per heavy atom.